The van der Waals surface area contributed by atoms with Crippen LogP contribution < -0.4 is 4.90 Å². The van der Waals surface area contributed by atoms with Crippen LogP contribution in [0.4, 0.5) is 11.4 Å². The van der Waals surface area contributed by atoms with E-state index in [4.69, 9.17) is 4.42 Å². The van der Waals surface area contributed by atoms with Crippen molar-refractivity contribution >= 4 is 76.9 Å². The average molecular weight is 843 g/mol. The molecule has 0 spiro atoms. The third kappa shape index (κ3) is 4.98. The lowest BCUT2D eigenvalue weighted by Gasteiger charge is -2.35. The lowest BCUT2D eigenvalue weighted by atomic mass is 9.87. The minimum absolute atomic E-state index is 0.0722. The molecule has 0 amide bonds. The molecule has 9 aromatic carbocycles. The molecule has 3 aromatic heterocycles. The van der Waals surface area contributed by atoms with Gasteiger partial charge >= 0.3 is 0 Å². The van der Waals surface area contributed by atoms with Crippen LogP contribution in [0.3, 0.4) is 0 Å². The SMILES string of the molecule is N#Cc1c(-c2ccccc2)c(-n2c3ccccc3c3c4oc5ccccc5c4ccc32)c(-n2c3ccccc3c3ccccc32)c(-c2ccccc2)c1N1c2ccccc2C2C=CC=CC21. The smallest absolute Gasteiger partial charge is 0.145 e. The molecule has 2 unspecified atom stereocenters. The van der Waals surface area contributed by atoms with Crippen LogP contribution in [0.1, 0.15) is 17.0 Å². The largest absolute Gasteiger partial charge is 0.455 e. The van der Waals surface area contributed by atoms with Crippen LogP contribution in [0.15, 0.2) is 223 Å². The molecule has 5 nitrogen and oxygen atoms in total. The summed E-state index contributed by atoms with van der Waals surface area (Å²) in [4.78, 5) is 2.47. The summed E-state index contributed by atoms with van der Waals surface area (Å²) in [7, 11) is 0. The van der Waals surface area contributed by atoms with Crippen LogP contribution in [0.5, 0.6) is 0 Å². The Kier molecular flexibility index (Phi) is 7.81. The fourth-order valence-electron chi connectivity index (χ4n) is 11.4. The van der Waals surface area contributed by atoms with Crippen LogP contribution in [0.25, 0.3) is 99.2 Å². The minimum Gasteiger partial charge on any atom is -0.455 e. The van der Waals surface area contributed by atoms with Crippen LogP contribution in [-0.4, -0.2) is 15.2 Å². The number of fused-ring (bicyclic) bond motifs is 13. The van der Waals surface area contributed by atoms with E-state index >= 15 is 0 Å². The molecule has 0 bridgehead atoms. The van der Waals surface area contributed by atoms with Gasteiger partial charge in [0.15, 0.2) is 0 Å². The maximum Gasteiger partial charge on any atom is 0.145 e. The Morgan fingerprint density at radius 3 is 1.70 bits per heavy atom. The fraction of sp³-hybridized carbons (Fsp3) is 0.0328. The molecule has 0 saturated heterocycles. The van der Waals surface area contributed by atoms with E-state index < -0.39 is 0 Å². The van der Waals surface area contributed by atoms with E-state index in [-0.39, 0.29) is 12.0 Å². The molecule has 2 aliphatic rings. The number of benzene rings is 9. The van der Waals surface area contributed by atoms with E-state index in [2.05, 4.69) is 232 Å². The number of aromatic nitrogens is 2. The van der Waals surface area contributed by atoms with Gasteiger partial charge in [0.25, 0.3) is 0 Å². The summed E-state index contributed by atoms with van der Waals surface area (Å²) in [5, 5.41) is 18.8. The van der Waals surface area contributed by atoms with Crippen LogP contribution >= 0.6 is 0 Å². The molecule has 66 heavy (non-hydrogen) atoms. The number of para-hydroxylation sites is 5. The van der Waals surface area contributed by atoms with E-state index in [9.17, 15) is 5.26 Å². The van der Waals surface area contributed by atoms with Gasteiger partial charge in [0.1, 0.15) is 17.2 Å². The zero-order valence-electron chi connectivity index (χ0n) is 35.6. The molecule has 0 N–H and O–H groups in total. The molecule has 5 heteroatoms. The second-order valence-electron chi connectivity index (χ2n) is 17.4. The predicted octanol–water partition coefficient (Wildman–Crippen LogP) is 15.7. The summed E-state index contributed by atoms with van der Waals surface area (Å²) < 4.78 is 11.8. The molecular weight excluding hydrogens is 805 g/mol. The highest BCUT2D eigenvalue weighted by atomic mass is 16.3. The van der Waals surface area contributed by atoms with E-state index in [1.165, 1.54) is 5.56 Å². The number of anilines is 2. The quantitative estimate of drug-likeness (QED) is 0.173. The van der Waals surface area contributed by atoms with Gasteiger partial charge in [-0.2, -0.15) is 5.26 Å². The van der Waals surface area contributed by atoms with Crippen molar-refractivity contribution in [2.24, 2.45) is 0 Å². The van der Waals surface area contributed by atoms with Gasteiger partial charge in [-0.05, 0) is 59.2 Å². The van der Waals surface area contributed by atoms with Gasteiger partial charge in [0.05, 0.1) is 56.1 Å². The molecule has 1 aliphatic carbocycles. The maximum atomic E-state index is 12.2. The van der Waals surface area contributed by atoms with Crippen molar-refractivity contribution < 1.29 is 4.42 Å². The van der Waals surface area contributed by atoms with Gasteiger partial charge in [-0.3, -0.25) is 0 Å². The molecule has 0 saturated carbocycles. The first kappa shape index (κ1) is 36.6. The molecule has 14 rings (SSSR count). The number of nitriles is 1. The van der Waals surface area contributed by atoms with Crippen molar-refractivity contribution in [1.29, 1.82) is 5.26 Å². The van der Waals surface area contributed by atoms with Crippen molar-refractivity contribution in [2.75, 3.05) is 4.90 Å². The summed E-state index contributed by atoms with van der Waals surface area (Å²) in [6.07, 6.45) is 8.94. The first-order valence-corrected chi connectivity index (χ1v) is 22.6. The van der Waals surface area contributed by atoms with Crippen LogP contribution in [0.2, 0.25) is 0 Å². The van der Waals surface area contributed by atoms with Crippen molar-refractivity contribution in [2.45, 2.75) is 12.0 Å². The Morgan fingerprint density at radius 2 is 0.985 bits per heavy atom. The molecule has 308 valence electrons. The van der Waals surface area contributed by atoms with E-state index in [1.54, 1.807) is 0 Å². The molecule has 12 aromatic rings. The lowest BCUT2D eigenvalue weighted by Crippen LogP contribution is -2.30. The van der Waals surface area contributed by atoms with Crippen molar-refractivity contribution in [3.8, 4) is 39.7 Å². The van der Waals surface area contributed by atoms with Crippen LogP contribution in [-0.2, 0) is 0 Å². The second-order valence-corrected chi connectivity index (χ2v) is 17.4. The average Bonchev–Trinajstić information content (AvgIpc) is 4.12. The number of nitrogens with zero attached hydrogens (tertiary/aromatic N) is 4. The van der Waals surface area contributed by atoms with Crippen molar-refractivity contribution in [3.05, 3.63) is 230 Å². The monoisotopic (exact) mass is 842 g/mol. The number of hydrogen-bond acceptors (Lipinski definition) is 3. The van der Waals surface area contributed by atoms with E-state index in [0.717, 1.165) is 111 Å². The molecule has 0 radical (unpaired) electrons. The zero-order chi connectivity index (χ0) is 43.5. The van der Waals surface area contributed by atoms with Crippen molar-refractivity contribution in [3.63, 3.8) is 0 Å². The van der Waals surface area contributed by atoms with E-state index in [1.807, 2.05) is 6.07 Å². The van der Waals surface area contributed by atoms with Gasteiger partial charge in [0, 0.05) is 49.7 Å². The lowest BCUT2D eigenvalue weighted by molar-refractivity contribution is 0.673. The van der Waals surface area contributed by atoms with Crippen molar-refractivity contribution in [1.82, 2.24) is 9.13 Å². The summed E-state index contributed by atoms with van der Waals surface area (Å²) in [6, 6.07) is 71.9. The normalized spacial score (nSPS) is 15.4. The fourth-order valence-corrected chi connectivity index (χ4v) is 11.4. The Labute approximate surface area is 380 Å². The summed E-state index contributed by atoms with van der Waals surface area (Å²) >= 11 is 0. The highest BCUT2D eigenvalue weighted by Gasteiger charge is 2.42. The summed E-state index contributed by atoms with van der Waals surface area (Å²) in [5.41, 5.74) is 15.4. The topological polar surface area (TPSA) is 50.0 Å². The Hall–Kier alpha value is -8.85. The van der Waals surface area contributed by atoms with Gasteiger partial charge in [-0.25, -0.2) is 0 Å². The summed E-state index contributed by atoms with van der Waals surface area (Å²) in [6.45, 7) is 0. The highest BCUT2D eigenvalue weighted by molar-refractivity contribution is 6.25. The molecular formula is C61H38N4O. The van der Waals surface area contributed by atoms with Crippen LogP contribution in [0, 0.1) is 11.3 Å². The Morgan fingerprint density at radius 1 is 0.439 bits per heavy atom. The number of allylic oxidation sites excluding steroid dienone is 2. The van der Waals surface area contributed by atoms with Gasteiger partial charge in [-0.15, -0.1) is 0 Å². The second kappa shape index (κ2) is 14.1. The van der Waals surface area contributed by atoms with E-state index in [0.29, 0.717) is 5.56 Å². The third-order valence-corrected chi connectivity index (χ3v) is 14.1. The minimum atomic E-state index is -0.0722. The number of hydrogen-bond donors (Lipinski definition) is 0. The maximum absolute atomic E-state index is 12.2. The molecule has 2 atom stereocenters. The third-order valence-electron chi connectivity index (χ3n) is 14.1. The van der Waals surface area contributed by atoms with Gasteiger partial charge in [0.2, 0.25) is 0 Å². The van der Waals surface area contributed by atoms with Gasteiger partial charge in [-0.1, -0.05) is 176 Å². The Bertz CT molecular complexity index is 4030. The molecule has 1 aliphatic heterocycles. The molecule has 4 heterocycles. The van der Waals surface area contributed by atoms with Gasteiger partial charge < -0.3 is 18.5 Å². The highest BCUT2D eigenvalue weighted by Crippen LogP contribution is 2.57. The molecule has 0 fully saturated rings. The zero-order valence-corrected chi connectivity index (χ0v) is 35.6. The standard InChI is InChI=1S/C61H38N4O/c62-37-47-55(38-19-3-1-4-20-38)59(65-52-33-17-11-28-46(52)57-53(65)36-35-45-44-27-12-18-34-54(44)66-61(45)57)60(64-50-31-15-9-25-42(50)43-26-10-16-32-51(43)64)56(39-21-5-2-6-22-39)58(47)63-48-29-13-7-23-40(48)41-24-8-14-30-49(41)63/h1-36,40,48H. The predicted molar refractivity (Wildman–Crippen MR) is 271 cm³/mol. The Balaban J connectivity index is 1.28. The number of furan rings is 1. The first-order valence-electron chi connectivity index (χ1n) is 22.6. The summed E-state index contributed by atoms with van der Waals surface area (Å²) in [5.74, 6) is 0.0986. The first-order chi connectivity index (χ1) is 32.8. The number of rotatable bonds is 5.